The van der Waals surface area contributed by atoms with Gasteiger partial charge in [-0.25, -0.2) is 0 Å². The highest BCUT2D eigenvalue weighted by Gasteiger charge is 2.26. The van der Waals surface area contributed by atoms with Crippen LogP contribution in [0.4, 0.5) is 11.4 Å². The average molecular weight is 437 g/mol. The maximum Gasteiger partial charge on any atom is 0.313 e. The van der Waals surface area contributed by atoms with Gasteiger partial charge in [0.1, 0.15) is 0 Å². The molecule has 0 radical (unpaired) electrons. The van der Waals surface area contributed by atoms with Gasteiger partial charge < -0.3 is 20.3 Å². The van der Waals surface area contributed by atoms with Gasteiger partial charge in [0.25, 0.3) is 0 Å². The molecular weight excluding hydrogens is 404 g/mol. The molecule has 170 valence electrons. The summed E-state index contributed by atoms with van der Waals surface area (Å²) in [6.45, 7) is 6.28. The zero-order chi connectivity index (χ0) is 22.5. The highest BCUT2D eigenvalue weighted by Crippen LogP contribution is 2.31. The summed E-state index contributed by atoms with van der Waals surface area (Å²) in [4.78, 5) is 29.7. The molecule has 1 fully saturated rings. The largest absolute Gasteiger partial charge is 0.379 e. The molecule has 2 aliphatic heterocycles. The molecule has 4 rings (SSSR count). The molecule has 1 atom stereocenters. The summed E-state index contributed by atoms with van der Waals surface area (Å²) in [7, 11) is 2.13. The first-order valence-corrected chi connectivity index (χ1v) is 11.3. The number of aryl methyl sites for hydroxylation is 2. The van der Waals surface area contributed by atoms with Gasteiger partial charge >= 0.3 is 11.8 Å². The van der Waals surface area contributed by atoms with Gasteiger partial charge in [-0.2, -0.15) is 0 Å². The quantitative estimate of drug-likeness (QED) is 0.705. The third kappa shape index (κ3) is 5.11. The molecule has 0 aliphatic carbocycles. The fourth-order valence-corrected chi connectivity index (χ4v) is 4.52. The van der Waals surface area contributed by atoms with Gasteiger partial charge in [-0.15, -0.1) is 0 Å². The number of para-hydroxylation sites is 1. The topological polar surface area (TPSA) is 73.9 Å². The first-order valence-electron chi connectivity index (χ1n) is 11.3. The van der Waals surface area contributed by atoms with Crippen molar-refractivity contribution < 1.29 is 14.3 Å². The Hall–Kier alpha value is -2.90. The van der Waals surface area contributed by atoms with E-state index in [0.717, 1.165) is 38.0 Å². The molecule has 2 aliphatic rings. The van der Waals surface area contributed by atoms with E-state index in [1.807, 2.05) is 25.1 Å². The molecule has 0 saturated carbocycles. The molecule has 2 aromatic rings. The number of nitrogens with zero attached hydrogens (tertiary/aromatic N) is 2. The summed E-state index contributed by atoms with van der Waals surface area (Å²) in [6.07, 6.45) is 2.21. The molecule has 2 N–H and O–H groups in total. The summed E-state index contributed by atoms with van der Waals surface area (Å²) in [5, 5.41) is 5.57. The lowest BCUT2D eigenvalue weighted by molar-refractivity contribution is -0.136. The van der Waals surface area contributed by atoms with Crippen molar-refractivity contribution in [3.8, 4) is 0 Å². The molecule has 0 unspecified atom stereocenters. The first-order chi connectivity index (χ1) is 15.5. The van der Waals surface area contributed by atoms with E-state index in [0.29, 0.717) is 25.4 Å². The van der Waals surface area contributed by atoms with E-state index in [2.05, 4.69) is 45.7 Å². The van der Waals surface area contributed by atoms with E-state index < -0.39 is 11.8 Å². The summed E-state index contributed by atoms with van der Waals surface area (Å²) in [5.74, 6) is -1.27. The maximum absolute atomic E-state index is 12.6. The van der Waals surface area contributed by atoms with Crippen LogP contribution in [0, 0.1) is 6.92 Å². The molecule has 7 nitrogen and oxygen atoms in total. The predicted octanol–water partition coefficient (Wildman–Crippen LogP) is 2.51. The summed E-state index contributed by atoms with van der Waals surface area (Å²) in [6, 6.07) is 14.0. The van der Waals surface area contributed by atoms with E-state index in [-0.39, 0.29) is 6.04 Å². The van der Waals surface area contributed by atoms with Crippen molar-refractivity contribution in [3.63, 3.8) is 0 Å². The SMILES string of the molecule is Cc1ccccc1NC(=O)C(=O)NC[C@H](c1ccc2c(c1)CCCN2C)N1CCOCC1. The normalized spacial score (nSPS) is 17.4. The summed E-state index contributed by atoms with van der Waals surface area (Å²) >= 11 is 0. The maximum atomic E-state index is 12.6. The van der Waals surface area contributed by atoms with Gasteiger partial charge in [0.2, 0.25) is 0 Å². The smallest absolute Gasteiger partial charge is 0.313 e. The standard InChI is InChI=1S/C25H32N4O3/c1-18-6-3-4-8-21(18)27-25(31)24(30)26-17-23(29-12-14-32-15-13-29)20-9-10-22-19(16-20)7-5-11-28(22)2/h3-4,6,8-10,16,23H,5,7,11-15,17H2,1-2H3,(H,26,30)(H,27,31)/t23-/m1/s1. The van der Waals surface area contributed by atoms with Crippen molar-refractivity contribution in [2.45, 2.75) is 25.8 Å². The monoisotopic (exact) mass is 436 g/mol. The van der Waals surface area contributed by atoms with Crippen LogP contribution in [0.25, 0.3) is 0 Å². The Kier molecular flexibility index (Phi) is 7.07. The van der Waals surface area contributed by atoms with Gasteiger partial charge in [0.05, 0.1) is 19.3 Å². The van der Waals surface area contributed by atoms with Crippen molar-refractivity contribution in [3.05, 3.63) is 59.2 Å². The van der Waals surface area contributed by atoms with Crippen molar-refractivity contribution in [1.29, 1.82) is 0 Å². The minimum Gasteiger partial charge on any atom is -0.379 e. The number of nitrogens with one attached hydrogen (secondary N) is 2. The van der Waals surface area contributed by atoms with Crippen LogP contribution in [-0.2, 0) is 20.7 Å². The van der Waals surface area contributed by atoms with Gasteiger partial charge in [-0.1, -0.05) is 30.3 Å². The molecule has 1 saturated heterocycles. The number of ether oxygens (including phenoxy) is 1. The Balaban J connectivity index is 1.47. The second-order valence-corrected chi connectivity index (χ2v) is 8.56. The molecule has 0 aromatic heterocycles. The Bertz CT molecular complexity index is 971. The number of morpholine rings is 1. The number of carbonyl (C=O) groups is 2. The predicted molar refractivity (Wildman–Crippen MR) is 126 cm³/mol. The van der Waals surface area contributed by atoms with Gasteiger partial charge in [-0.3, -0.25) is 14.5 Å². The highest BCUT2D eigenvalue weighted by molar-refractivity contribution is 6.39. The van der Waals surface area contributed by atoms with E-state index in [9.17, 15) is 9.59 Å². The minimum atomic E-state index is -0.646. The molecule has 2 heterocycles. The molecule has 0 bridgehead atoms. The minimum absolute atomic E-state index is 0.00774. The lowest BCUT2D eigenvalue weighted by Crippen LogP contribution is -2.45. The lowest BCUT2D eigenvalue weighted by Gasteiger charge is -2.36. The lowest BCUT2D eigenvalue weighted by atomic mass is 9.95. The zero-order valence-corrected chi connectivity index (χ0v) is 18.9. The summed E-state index contributed by atoms with van der Waals surface area (Å²) in [5.41, 5.74) is 5.36. The van der Waals surface area contributed by atoms with Crippen LogP contribution >= 0.6 is 0 Å². The van der Waals surface area contributed by atoms with E-state index in [4.69, 9.17) is 4.74 Å². The van der Waals surface area contributed by atoms with E-state index in [1.165, 1.54) is 16.8 Å². The number of anilines is 2. The number of carbonyl (C=O) groups excluding carboxylic acids is 2. The van der Waals surface area contributed by atoms with Crippen LogP contribution in [0.1, 0.15) is 29.2 Å². The van der Waals surface area contributed by atoms with Crippen LogP contribution < -0.4 is 15.5 Å². The summed E-state index contributed by atoms with van der Waals surface area (Å²) < 4.78 is 5.53. The fraction of sp³-hybridized carbons (Fsp3) is 0.440. The van der Waals surface area contributed by atoms with Gasteiger partial charge in [0, 0.05) is 44.6 Å². The van der Waals surface area contributed by atoms with Crippen molar-refractivity contribution in [2.24, 2.45) is 0 Å². The van der Waals surface area contributed by atoms with Gasteiger partial charge in [-0.05, 0) is 48.6 Å². The number of amides is 2. The van der Waals surface area contributed by atoms with Crippen LogP contribution in [0.5, 0.6) is 0 Å². The zero-order valence-electron chi connectivity index (χ0n) is 18.9. The van der Waals surface area contributed by atoms with Crippen molar-refractivity contribution in [1.82, 2.24) is 10.2 Å². The van der Waals surface area contributed by atoms with Crippen LogP contribution in [-0.4, -0.2) is 63.2 Å². The molecule has 0 spiro atoms. The highest BCUT2D eigenvalue weighted by atomic mass is 16.5. The number of rotatable bonds is 5. The second-order valence-electron chi connectivity index (χ2n) is 8.56. The number of benzene rings is 2. The fourth-order valence-electron chi connectivity index (χ4n) is 4.52. The second kappa shape index (κ2) is 10.1. The first kappa shape index (κ1) is 22.3. The van der Waals surface area contributed by atoms with Crippen LogP contribution in [0.3, 0.4) is 0 Å². The van der Waals surface area contributed by atoms with Crippen LogP contribution in [0.2, 0.25) is 0 Å². The van der Waals surface area contributed by atoms with Crippen molar-refractivity contribution >= 4 is 23.2 Å². The third-order valence-corrected chi connectivity index (χ3v) is 6.38. The van der Waals surface area contributed by atoms with E-state index in [1.54, 1.807) is 6.07 Å². The third-order valence-electron chi connectivity index (χ3n) is 6.38. The number of hydrogen-bond donors (Lipinski definition) is 2. The Morgan fingerprint density at radius 3 is 2.62 bits per heavy atom. The Labute approximate surface area is 189 Å². The average Bonchev–Trinajstić information content (AvgIpc) is 2.81. The van der Waals surface area contributed by atoms with Gasteiger partial charge in [0.15, 0.2) is 0 Å². The number of hydrogen-bond acceptors (Lipinski definition) is 5. The van der Waals surface area contributed by atoms with Crippen molar-refractivity contribution in [2.75, 3.05) is 56.7 Å². The van der Waals surface area contributed by atoms with Crippen LogP contribution in [0.15, 0.2) is 42.5 Å². The number of fused-ring (bicyclic) bond motifs is 1. The molecule has 2 amide bonds. The Morgan fingerprint density at radius 1 is 1.06 bits per heavy atom. The molecular formula is C25H32N4O3. The Morgan fingerprint density at radius 2 is 1.84 bits per heavy atom. The molecule has 7 heteroatoms. The van der Waals surface area contributed by atoms with E-state index >= 15 is 0 Å². The molecule has 32 heavy (non-hydrogen) atoms. The molecule has 2 aromatic carbocycles.